The van der Waals surface area contributed by atoms with Gasteiger partial charge in [-0.05, 0) is 45.2 Å². The molecule has 5 heteroatoms. The van der Waals surface area contributed by atoms with E-state index < -0.39 is 5.60 Å². The zero-order chi connectivity index (χ0) is 15.5. The molecular formula is C16H25N3O2. The van der Waals surface area contributed by atoms with Gasteiger partial charge in [0.1, 0.15) is 11.4 Å². The van der Waals surface area contributed by atoms with E-state index in [0.29, 0.717) is 5.92 Å². The number of aromatic nitrogens is 1. The second-order valence-corrected chi connectivity index (χ2v) is 6.65. The Bertz CT molecular complexity index is 470. The minimum atomic E-state index is -0.443. The van der Waals surface area contributed by atoms with Crippen molar-refractivity contribution in [1.82, 2.24) is 9.88 Å². The van der Waals surface area contributed by atoms with Gasteiger partial charge in [-0.1, -0.05) is 6.07 Å². The molecule has 1 atom stereocenters. The highest BCUT2D eigenvalue weighted by Gasteiger charge is 2.27. The fraction of sp³-hybridized carbons (Fsp3) is 0.625. The Morgan fingerprint density at radius 2 is 2.24 bits per heavy atom. The zero-order valence-electron chi connectivity index (χ0n) is 13.4. The standard InChI is InChI=1S/C16H25N3O2/c1-16(2,3)21-15(20)18(4)11-13-8-10-19(12-13)14-7-5-6-9-17-14/h5-7,9,13H,8,10-12H2,1-4H3. The van der Waals surface area contributed by atoms with Gasteiger partial charge in [-0.3, -0.25) is 0 Å². The van der Waals surface area contributed by atoms with Gasteiger partial charge in [0.2, 0.25) is 0 Å². The van der Waals surface area contributed by atoms with Gasteiger partial charge >= 0.3 is 6.09 Å². The summed E-state index contributed by atoms with van der Waals surface area (Å²) in [6.07, 6.45) is 2.64. The Balaban J connectivity index is 1.84. The summed E-state index contributed by atoms with van der Waals surface area (Å²) in [7, 11) is 1.80. The molecule has 5 nitrogen and oxygen atoms in total. The largest absolute Gasteiger partial charge is 0.444 e. The van der Waals surface area contributed by atoms with Crippen molar-refractivity contribution in [2.24, 2.45) is 5.92 Å². The molecule has 0 bridgehead atoms. The van der Waals surface area contributed by atoms with Gasteiger partial charge in [0.25, 0.3) is 0 Å². The molecule has 1 aromatic rings. The first kappa shape index (κ1) is 15.6. The molecule has 0 saturated carbocycles. The highest BCUT2D eigenvalue weighted by molar-refractivity contribution is 5.67. The average molecular weight is 291 g/mol. The molecule has 0 radical (unpaired) electrons. The Morgan fingerprint density at radius 3 is 2.86 bits per heavy atom. The topological polar surface area (TPSA) is 45.7 Å². The minimum Gasteiger partial charge on any atom is -0.444 e. The molecule has 1 amide bonds. The molecule has 0 aromatic carbocycles. The average Bonchev–Trinajstić information content (AvgIpc) is 2.86. The lowest BCUT2D eigenvalue weighted by atomic mass is 10.1. The van der Waals surface area contributed by atoms with Crippen molar-refractivity contribution in [3.63, 3.8) is 0 Å². The van der Waals surface area contributed by atoms with Gasteiger partial charge in [-0.15, -0.1) is 0 Å². The Labute approximate surface area is 126 Å². The highest BCUT2D eigenvalue weighted by atomic mass is 16.6. The maximum Gasteiger partial charge on any atom is 0.410 e. The van der Waals surface area contributed by atoms with Crippen LogP contribution in [-0.4, -0.2) is 48.3 Å². The maximum atomic E-state index is 12.0. The number of hydrogen-bond acceptors (Lipinski definition) is 4. The predicted molar refractivity (Wildman–Crippen MR) is 83.4 cm³/mol. The molecule has 1 aliphatic heterocycles. The van der Waals surface area contributed by atoms with Crippen LogP contribution < -0.4 is 4.90 Å². The SMILES string of the molecule is CN(CC1CCN(c2ccccn2)C1)C(=O)OC(C)(C)C. The monoisotopic (exact) mass is 291 g/mol. The van der Waals surface area contributed by atoms with Crippen LogP contribution in [0.4, 0.5) is 10.6 Å². The molecule has 116 valence electrons. The second kappa shape index (κ2) is 6.33. The van der Waals surface area contributed by atoms with Crippen molar-refractivity contribution in [2.75, 3.05) is 31.6 Å². The summed E-state index contributed by atoms with van der Waals surface area (Å²) in [6, 6.07) is 5.95. The van der Waals surface area contributed by atoms with E-state index in [1.165, 1.54) is 0 Å². The first-order chi connectivity index (χ1) is 9.85. The van der Waals surface area contributed by atoms with Crippen LogP contribution in [0.25, 0.3) is 0 Å². The van der Waals surface area contributed by atoms with Crippen molar-refractivity contribution in [2.45, 2.75) is 32.8 Å². The fourth-order valence-electron chi connectivity index (χ4n) is 2.53. The van der Waals surface area contributed by atoms with Gasteiger partial charge in [0, 0.05) is 32.9 Å². The van der Waals surface area contributed by atoms with E-state index in [-0.39, 0.29) is 6.09 Å². The molecule has 1 saturated heterocycles. The van der Waals surface area contributed by atoms with E-state index in [2.05, 4.69) is 9.88 Å². The molecule has 1 aliphatic rings. The normalized spacial score (nSPS) is 18.7. The number of ether oxygens (including phenoxy) is 1. The number of pyridine rings is 1. The number of rotatable bonds is 3. The van der Waals surface area contributed by atoms with Crippen molar-refractivity contribution < 1.29 is 9.53 Å². The summed E-state index contributed by atoms with van der Waals surface area (Å²) in [6.45, 7) is 8.30. The van der Waals surface area contributed by atoms with E-state index in [0.717, 1.165) is 31.9 Å². The summed E-state index contributed by atoms with van der Waals surface area (Å²) in [5.74, 6) is 1.48. The van der Waals surface area contributed by atoms with Crippen LogP contribution in [0.15, 0.2) is 24.4 Å². The fourth-order valence-corrected chi connectivity index (χ4v) is 2.53. The van der Waals surface area contributed by atoms with Crippen LogP contribution in [-0.2, 0) is 4.74 Å². The first-order valence-corrected chi connectivity index (χ1v) is 7.45. The quantitative estimate of drug-likeness (QED) is 0.859. The molecule has 21 heavy (non-hydrogen) atoms. The third-order valence-corrected chi connectivity index (χ3v) is 3.50. The molecule has 1 unspecified atom stereocenters. The lowest BCUT2D eigenvalue weighted by molar-refractivity contribution is 0.0277. The summed E-state index contributed by atoms with van der Waals surface area (Å²) >= 11 is 0. The number of nitrogens with zero attached hydrogens (tertiary/aromatic N) is 3. The van der Waals surface area contributed by atoms with Crippen LogP contribution in [0, 0.1) is 5.92 Å². The van der Waals surface area contributed by atoms with E-state index in [4.69, 9.17) is 4.74 Å². The summed E-state index contributed by atoms with van der Waals surface area (Å²) in [4.78, 5) is 20.3. The number of carbonyl (C=O) groups excluding carboxylic acids is 1. The lowest BCUT2D eigenvalue weighted by Gasteiger charge is -2.26. The molecule has 2 rings (SSSR count). The molecule has 0 aliphatic carbocycles. The van der Waals surface area contributed by atoms with Crippen LogP contribution >= 0.6 is 0 Å². The first-order valence-electron chi connectivity index (χ1n) is 7.45. The van der Waals surface area contributed by atoms with Crippen molar-refractivity contribution in [3.05, 3.63) is 24.4 Å². The van der Waals surface area contributed by atoms with Gasteiger partial charge in [0.05, 0.1) is 0 Å². The van der Waals surface area contributed by atoms with Gasteiger partial charge in [-0.2, -0.15) is 0 Å². The van der Waals surface area contributed by atoms with Crippen molar-refractivity contribution in [3.8, 4) is 0 Å². The van der Waals surface area contributed by atoms with E-state index in [1.54, 1.807) is 11.9 Å². The lowest BCUT2D eigenvalue weighted by Crippen LogP contribution is -2.37. The molecule has 1 fully saturated rings. The van der Waals surface area contributed by atoms with Gasteiger partial charge < -0.3 is 14.5 Å². The number of anilines is 1. The smallest absolute Gasteiger partial charge is 0.410 e. The Hall–Kier alpha value is -1.78. The zero-order valence-corrected chi connectivity index (χ0v) is 13.4. The highest BCUT2D eigenvalue weighted by Crippen LogP contribution is 2.22. The van der Waals surface area contributed by atoms with E-state index in [1.807, 2.05) is 45.2 Å². The van der Waals surface area contributed by atoms with Gasteiger partial charge in [0.15, 0.2) is 0 Å². The molecule has 2 heterocycles. The van der Waals surface area contributed by atoms with Crippen LogP contribution in [0.2, 0.25) is 0 Å². The van der Waals surface area contributed by atoms with Crippen LogP contribution in [0.3, 0.4) is 0 Å². The summed E-state index contributed by atoms with van der Waals surface area (Å²) in [5, 5.41) is 0. The third kappa shape index (κ3) is 4.62. The number of hydrogen-bond donors (Lipinski definition) is 0. The molecule has 0 spiro atoms. The summed E-state index contributed by atoms with van der Waals surface area (Å²) in [5.41, 5.74) is -0.443. The minimum absolute atomic E-state index is 0.251. The molecular weight excluding hydrogens is 266 g/mol. The number of amides is 1. The van der Waals surface area contributed by atoms with E-state index in [9.17, 15) is 4.79 Å². The van der Waals surface area contributed by atoms with E-state index >= 15 is 0 Å². The van der Waals surface area contributed by atoms with Gasteiger partial charge in [-0.25, -0.2) is 9.78 Å². The maximum absolute atomic E-state index is 12.0. The predicted octanol–water partition coefficient (Wildman–Crippen LogP) is 2.77. The Morgan fingerprint density at radius 1 is 1.48 bits per heavy atom. The molecule has 1 aromatic heterocycles. The molecule has 0 N–H and O–H groups in total. The van der Waals surface area contributed by atoms with Crippen molar-refractivity contribution >= 4 is 11.9 Å². The Kier molecular flexibility index (Phi) is 4.70. The second-order valence-electron chi connectivity index (χ2n) is 6.65. The third-order valence-electron chi connectivity index (χ3n) is 3.50. The van der Waals surface area contributed by atoms with Crippen LogP contribution in [0.5, 0.6) is 0 Å². The number of carbonyl (C=O) groups is 1. The van der Waals surface area contributed by atoms with Crippen molar-refractivity contribution in [1.29, 1.82) is 0 Å². The summed E-state index contributed by atoms with van der Waals surface area (Å²) < 4.78 is 5.38. The van der Waals surface area contributed by atoms with Crippen LogP contribution in [0.1, 0.15) is 27.2 Å².